The van der Waals surface area contributed by atoms with Crippen LogP contribution in [0.25, 0.3) is 0 Å². The maximum atomic E-state index is 6.27. The van der Waals surface area contributed by atoms with Crippen molar-refractivity contribution in [1.29, 1.82) is 0 Å². The molecular weight excluding hydrogens is 258 g/mol. The van der Waals surface area contributed by atoms with Gasteiger partial charge in [-0.1, -0.05) is 52.0 Å². The van der Waals surface area contributed by atoms with E-state index in [1.54, 1.807) is 0 Å². The lowest BCUT2D eigenvalue weighted by atomic mass is 9.71. The van der Waals surface area contributed by atoms with Crippen molar-refractivity contribution in [2.24, 2.45) is 11.1 Å². The third-order valence-corrected chi connectivity index (χ3v) is 5.08. The van der Waals surface area contributed by atoms with Crippen LogP contribution in [0.1, 0.15) is 70.4 Å². The van der Waals surface area contributed by atoms with Crippen LogP contribution in [0.15, 0.2) is 24.3 Å². The first kappa shape index (κ1) is 16.5. The van der Waals surface area contributed by atoms with Crippen LogP contribution < -0.4 is 5.73 Å². The molecule has 21 heavy (non-hydrogen) atoms. The molecule has 1 aliphatic carbocycles. The zero-order valence-electron chi connectivity index (χ0n) is 14.1. The van der Waals surface area contributed by atoms with E-state index in [0.29, 0.717) is 24.5 Å². The van der Waals surface area contributed by atoms with Gasteiger partial charge in [-0.2, -0.15) is 0 Å². The van der Waals surface area contributed by atoms with Gasteiger partial charge in [-0.05, 0) is 48.1 Å². The van der Waals surface area contributed by atoms with Crippen LogP contribution in [0.2, 0.25) is 0 Å². The molecule has 2 nitrogen and oxygen atoms in total. The highest BCUT2D eigenvalue weighted by Crippen LogP contribution is 2.41. The van der Waals surface area contributed by atoms with E-state index in [0.717, 1.165) is 12.8 Å². The molecule has 1 fully saturated rings. The molecular formula is C19H31NO. The zero-order valence-corrected chi connectivity index (χ0v) is 14.1. The van der Waals surface area contributed by atoms with Gasteiger partial charge in [0, 0.05) is 6.54 Å². The second-order valence-electron chi connectivity index (χ2n) is 7.74. The maximum Gasteiger partial charge on any atom is 0.0809 e. The fourth-order valence-corrected chi connectivity index (χ4v) is 3.02. The number of rotatable bonds is 5. The van der Waals surface area contributed by atoms with Crippen molar-refractivity contribution in [1.82, 2.24) is 0 Å². The van der Waals surface area contributed by atoms with Crippen molar-refractivity contribution in [3.63, 3.8) is 0 Å². The highest BCUT2D eigenvalue weighted by molar-refractivity contribution is 5.24. The highest BCUT2D eigenvalue weighted by Gasteiger charge is 2.38. The summed E-state index contributed by atoms with van der Waals surface area (Å²) in [4.78, 5) is 0. The first-order valence-electron chi connectivity index (χ1n) is 8.29. The SMILES string of the molecule is CC(C)c1ccc(COC2(CN)CCC(C)(C)CC2)cc1. The maximum absolute atomic E-state index is 6.27. The van der Waals surface area contributed by atoms with Gasteiger partial charge in [0.25, 0.3) is 0 Å². The van der Waals surface area contributed by atoms with Crippen LogP contribution in [-0.2, 0) is 11.3 Å². The van der Waals surface area contributed by atoms with Crippen molar-refractivity contribution < 1.29 is 4.74 Å². The van der Waals surface area contributed by atoms with Gasteiger partial charge >= 0.3 is 0 Å². The second kappa shape index (κ2) is 6.50. The average molecular weight is 289 g/mol. The average Bonchev–Trinajstić information content (AvgIpc) is 2.47. The summed E-state index contributed by atoms with van der Waals surface area (Å²) in [6, 6.07) is 8.80. The van der Waals surface area contributed by atoms with Gasteiger partial charge in [-0.3, -0.25) is 0 Å². The molecule has 0 aromatic heterocycles. The standard InChI is InChI=1S/C19H31NO/c1-15(2)17-7-5-16(6-8-17)13-21-19(14-20)11-9-18(3,4)10-12-19/h5-8,15H,9-14,20H2,1-4H3. The lowest BCUT2D eigenvalue weighted by Crippen LogP contribution is -2.45. The number of hydrogen-bond donors (Lipinski definition) is 1. The Bertz CT molecular complexity index is 437. The summed E-state index contributed by atoms with van der Waals surface area (Å²) in [6.07, 6.45) is 4.58. The van der Waals surface area contributed by atoms with Gasteiger partial charge in [0.15, 0.2) is 0 Å². The van der Waals surface area contributed by atoms with Crippen molar-refractivity contribution in [2.45, 2.75) is 71.5 Å². The van der Waals surface area contributed by atoms with Gasteiger partial charge in [0.2, 0.25) is 0 Å². The summed E-state index contributed by atoms with van der Waals surface area (Å²) in [5.74, 6) is 0.580. The Kier molecular flexibility index (Phi) is 5.11. The van der Waals surface area contributed by atoms with E-state index in [9.17, 15) is 0 Å². The number of benzene rings is 1. The molecule has 0 radical (unpaired) electrons. The van der Waals surface area contributed by atoms with E-state index in [1.807, 2.05) is 0 Å². The molecule has 0 spiro atoms. The number of ether oxygens (including phenoxy) is 1. The molecule has 2 rings (SSSR count). The first-order chi connectivity index (χ1) is 9.86. The molecule has 1 aliphatic rings. The minimum absolute atomic E-state index is 0.105. The molecule has 1 aromatic rings. The fourth-order valence-electron chi connectivity index (χ4n) is 3.02. The Hall–Kier alpha value is -0.860. The van der Waals surface area contributed by atoms with E-state index in [2.05, 4.69) is 52.0 Å². The van der Waals surface area contributed by atoms with Crippen LogP contribution in [-0.4, -0.2) is 12.1 Å². The molecule has 0 heterocycles. The second-order valence-corrected chi connectivity index (χ2v) is 7.74. The fraction of sp³-hybridized carbons (Fsp3) is 0.684. The van der Waals surface area contributed by atoms with Gasteiger partial charge in [-0.15, -0.1) is 0 Å². The molecule has 2 N–H and O–H groups in total. The van der Waals surface area contributed by atoms with Crippen molar-refractivity contribution >= 4 is 0 Å². The monoisotopic (exact) mass is 289 g/mol. The first-order valence-corrected chi connectivity index (χ1v) is 8.29. The molecule has 0 atom stereocenters. The van der Waals surface area contributed by atoms with E-state index >= 15 is 0 Å². The number of hydrogen-bond acceptors (Lipinski definition) is 2. The molecule has 0 amide bonds. The lowest BCUT2D eigenvalue weighted by molar-refractivity contribution is -0.0904. The van der Waals surface area contributed by atoms with Crippen LogP contribution in [0.4, 0.5) is 0 Å². The molecule has 1 aromatic carbocycles. The Morgan fingerprint density at radius 1 is 1.05 bits per heavy atom. The normalized spacial score (nSPS) is 20.7. The largest absolute Gasteiger partial charge is 0.369 e. The summed E-state index contributed by atoms with van der Waals surface area (Å²) in [7, 11) is 0. The van der Waals surface area contributed by atoms with E-state index in [1.165, 1.54) is 24.0 Å². The molecule has 1 saturated carbocycles. The quantitative estimate of drug-likeness (QED) is 0.858. The minimum Gasteiger partial charge on any atom is -0.369 e. The highest BCUT2D eigenvalue weighted by atomic mass is 16.5. The van der Waals surface area contributed by atoms with E-state index in [-0.39, 0.29) is 5.60 Å². The minimum atomic E-state index is -0.105. The summed E-state index contributed by atoms with van der Waals surface area (Å²) < 4.78 is 6.27. The third-order valence-electron chi connectivity index (χ3n) is 5.08. The van der Waals surface area contributed by atoms with Gasteiger partial charge in [0.05, 0.1) is 12.2 Å². The number of nitrogens with two attached hydrogens (primary N) is 1. The Morgan fingerprint density at radius 2 is 1.62 bits per heavy atom. The van der Waals surface area contributed by atoms with Crippen molar-refractivity contribution in [2.75, 3.05) is 6.54 Å². The van der Waals surface area contributed by atoms with Crippen molar-refractivity contribution in [3.05, 3.63) is 35.4 Å². The van der Waals surface area contributed by atoms with E-state index < -0.39 is 0 Å². The predicted molar refractivity (Wildman–Crippen MR) is 89.4 cm³/mol. The molecule has 118 valence electrons. The zero-order chi connectivity index (χ0) is 15.5. The van der Waals surface area contributed by atoms with Crippen LogP contribution in [0.3, 0.4) is 0 Å². The van der Waals surface area contributed by atoms with Gasteiger partial charge in [-0.25, -0.2) is 0 Å². The summed E-state index contributed by atoms with van der Waals surface area (Å²) in [5, 5.41) is 0. The lowest BCUT2D eigenvalue weighted by Gasteiger charge is -2.42. The van der Waals surface area contributed by atoms with Gasteiger partial charge < -0.3 is 10.5 Å². The third kappa shape index (κ3) is 4.31. The Labute approximate surface area is 130 Å². The molecule has 0 aliphatic heterocycles. The molecule has 0 bridgehead atoms. The van der Waals surface area contributed by atoms with Crippen LogP contribution >= 0.6 is 0 Å². The van der Waals surface area contributed by atoms with Crippen LogP contribution in [0.5, 0.6) is 0 Å². The predicted octanol–water partition coefficient (Wildman–Crippen LogP) is 4.62. The Balaban J connectivity index is 1.94. The summed E-state index contributed by atoms with van der Waals surface area (Å²) in [6.45, 7) is 10.4. The molecule has 0 unspecified atom stereocenters. The summed E-state index contributed by atoms with van der Waals surface area (Å²) >= 11 is 0. The topological polar surface area (TPSA) is 35.2 Å². The Morgan fingerprint density at radius 3 is 2.10 bits per heavy atom. The smallest absolute Gasteiger partial charge is 0.0809 e. The van der Waals surface area contributed by atoms with Gasteiger partial charge in [0.1, 0.15) is 0 Å². The van der Waals surface area contributed by atoms with E-state index in [4.69, 9.17) is 10.5 Å². The van der Waals surface area contributed by atoms with Crippen LogP contribution in [0, 0.1) is 5.41 Å². The molecule has 2 heteroatoms. The van der Waals surface area contributed by atoms with Crippen molar-refractivity contribution in [3.8, 4) is 0 Å². The molecule has 0 saturated heterocycles. The summed E-state index contributed by atoms with van der Waals surface area (Å²) in [5.41, 5.74) is 9.00.